The number of hydrogen-bond donors (Lipinski definition) is 0. The van der Waals surface area contributed by atoms with E-state index in [1.807, 2.05) is 6.07 Å². The van der Waals surface area contributed by atoms with Crippen LogP contribution in [0.2, 0.25) is 5.02 Å². The van der Waals surface area contributed by atoms with Gasteiger partial charge in [-0.3, -0.25) is 4.79 Å². The second-order valence-corrected chi connectivity index (χ2v) is 7.30. The van der Waals surface area contributed by atoms with Crippen LogP contribution in [0.3, 0.4) is 0 Å². The summed E-state index contributed by atoms with van der Waals surface area (Å²) in [4.78, 5) is 14.6. The van der Waals surface area contributed by atoms with E-state index < -0.39 is 29.5 Å². The molecule has 0 radical (unpaired) electrons. The molecule has 0 N–H and O–H groups in total. The van der Waals surface area contributed by atoms with Crippen molar-refractivity contribution in [3.63, 3.8) is 0 Å². The fraction of sp³-hybridized carbons (Fsp3) is 0.444. The third-order valence-corrected chi connectivity index (χ3v) is 5.06. The summed E-state index contributed by atoms with van der Waals surface area (Å²) in [6, 6.07) is 5.15. The molecule has 2 aromatic rings. The molecule has 1 amide bonds. The molecule has 8 heteroatoms. The van der Waals surface area contributed by atoms with Crippen LogP contribution in [0.25, 0.3) is 0 Å². The summed E-state index contributed by atoms with van der Waals surface area (Å²) in [6.45, 7) is 0. The number of rotatable bonds is 5. The topological polar surface area (TPSA) is 38.1 Å². The fourth-order valence-corrected chi connectivity index (χ4v) is 3.43. The van der Waals surface area contributed by atoms with Gasteiger partial charge in [-0.1, -0.05) is 17.7 Å². The molecule has 2 aliphatic rings. The zero-order valence-electron chi connectivity index (χ0n) is 14.1. The van der Waals surface area contributed by atoms with Gasteiger partial charge in [0.25, 0.3) is 12.3 Å². The maximum Gasteiger partial charge on any atom is 0.283 e. The van der Waals surface area contributed by atoms with E-state index in [2.05, 4.69) is 5.10 Å². The molecule has 0 unspecified atom stereocenters. The molecule has 1 aromatic carbocycles. The molecule has 0 aliphatic heterocycles. The molecule has 138 valence electrons. The molecule has 0 bridgehead atoms. The quantitative estimate of drug-likeness (QED) is 0.741. The highest BCUT2D eigenvalue weighted by atomic mass is 35.5. The van der Waals surface area contributed by atoms with Gasteiger partial charge < -0.3 is 4.90 Å². The van der Waals surface area contributed by atoms with Crippen LogP contribution in [-0.2, 0) is 7.05 Å². The van der Waals surface area contributed by atoms with Crippen molar-refractivity contribution in [1.29, 1.82) is 0 Å². The van der Waals surface area contributed by atoms with Gasteiger partial charge in [0.1, 0.15) is 11.3 Å². The Balaban J connectivity index is 1.82. The predicted octanol–water partition coefficient (Wildman–Crippen LogP) is 4.84. The van der Waals surface area contributed by atoms with Crippen LogP contribution >= 0.6 is 11.6 Å². The van der Waals surface area contributed by atoms with E-state index in [1.54, 1.807) is 12.1 Å². The van der Waals surface area contributed by atoms with Crippen molar-refractivity contribution < 1.29 is 18.0 Å². The number of halogens is 4. The van der Waals surface area contributed by atoms with Crippen molar-refractivity contribution in [3.8, 4) is 0 Å². The zero-order valence-corrected chi connectivity index (χ0v) is 14.8. The monoisotopic (exact) mass is 383 g/mol. The normalized spacial score (nSPS) is 17.0. The summed E-state index contributed by atoms with van der Waals surface area (Å²) < 4.78 is 41.7. The molecular formula is C18H17ClF3N3O. The molecule has 1 aromatic heterocycles. The first-order chi connectivity index (χ1) is 12.4. The summed E-state index contributed by atoms with van der Waals surface area (Å²) in [7, 11) is 1.20. The lowest BCUT2D eigenvalue weighted by molar-refractivity contribution is 0.0965. The third-order valence-electron chi connectivity index (χ3n) is 4.82. The Bertz CT molecular complexity index is 875. The van der Waals surface area contributed by atoms with Gasteiger partial charge in [0, 0.05) is 23.8 Å². The van der Waals surface area contributed by atoms with Crippen LogP contribution in [0, 0.1) is 5.95 Å². The number of hydrogen-bond acceptors (Lipinski definition) is 2. The van der Waals surface area contributed by atoms with Crippen LogP contribution in [0.4, 0.5) is 18.9 Å². The van der Waals surface area contributed by atoms with Crippen molar-refractivity contribution in [2.45, 2.75) is 44.1 Å². The van der Waals surface area contributed by atoms with Crippen LogP contribution in [0.1, 0.15) is 59.6 Å². The second kappa shape index (κ2) is 6.30. The molecule has 0 spiro atoms. The molecule has 0 atom stereocenters. The van der Waals surface area contributed by atoms with E-state index in [0.29, 0.717) is 21.3 Å². The SMILES string of the molecule is Cn1nc(C(F)F)c(C(=O)N(c2cc(Cl)ccc2C2CC2)C2CC2)c1F. The first-order valence-electron chi connectivity index (χ1n) is 8.52. The van der Waals surface area contributed by atoms with Gasteiger partial charge in [-0.2, -0.15) is 9.49 Å². The van der Waals surface area contributed by atoms with Crippen molar-refractivity contribution in [3.05, 3.63) is 46.0 Å². The minimum Gasteiger partial charge on any atom is -0.305 e. The van der Waals surface area contributed by atoms with Crippen molar-refractivity contribution in [2.75, 3.05) is 4.90 Å². The highest BCUT2D eigenvalue weighted by Gasteiger charge is 2.41. The van der Waals surface area contributed by atoms with Crippen LogP contribution in [0.5, 0.6) is 0 Å². The van der Waals surface area contributed by atoms with Gasteiger partial charge in [0.05, 0.1) is 0 Å². The number of alkyl halides is 2. The molecule has 1 heterocycles. The van der Waals surface area contributed by atoms with Crippen LogP contribution in [0.15, 0.2) is 18.2 Å². The molecule has 26 heavy (non-hydrogen) atoms. The molecule has 0 saturated heterocycles. The van der Waals surface area contributed by atoms with Gasteiger partial charge in [0.2, 0.25) is 5.95 Å². The van der Waals surface area contributed by atoms with Crippen LogP contribution in [-0.4, -0.2) is 21.7 Å². The lowest BCUT2D eigenvalue weighted by atomic mass is 10.1. The predicted molar refractivity (Wildman–Crippen MR) is 91.4 cm³/mol. The number of aromatic nitrogens is 2. The third kappa shape index (κ3) is 2.98. The summed E-state index contributed by atoms with van der Waals surface area (Å²) in [5.41, 5.74) is 0.0697. The average molecular weight is 384 g/mol. The van der Waals surface area contributed by atoms with Crippen molar-refractivity contribution in [2.24, 2.45) is 7.05 Å². The van der Waals surface area contributed by atoms with E-state index in [1.165, 1.54) is 11.9 Å². The Labute approximate surface area is 153 Å². The van der Waals surface area contributed by atoms with Gasteiger partial charge >= 0.3 is 0 Å². The number of nitrogens with zero attached hydrogens (tertiary/aromatic N) is 3. The summed E-state index contributed by atoms with van der Waals surface area (Å²) >= 11 is 6.13. The molecule has 4 nitrogen and oxygen atoms in total. The first kappa shape index (κ1) is 17.4. The smallest absolute Gasteiger partial charge is 0.283 e. The number of carbonyl (C=O) groups is 1. The van der Waals surface area contributed by atoms with Crippen molar-refractivity contribution >= 4 is 23.2 Å². The van der Waals surface area contributed by atoms with Gasteiger partial charge in [0.15, 0.2) is 0 Å². The Morgan fingerprint density at radius 3 is 2.58 bits per heavy atom. The number of aryl methyl sites for hydroxylation is 1. The maximum absolute atomic E-state index is 14.4. The fourth-order valence-electron chi connectivity index (χ4n) is 3.26. The highest BCUT2D eigenvalue weighted by molar-refractivity contribution is 6.31. The standard InChI is InChI=1S/C18H17ClF3N3O/c1-24-17(22)14(15(23-24)16(20)21)18(26)25(11-5-6-11)13-8-10(19)4-7-12(13)9-2-3-9/h4,7-9,11,16H,2-3,5-6H2,1H3. The largest absolute Gasteiger partial charge is 0.305 e. The summed E-state index contributed by atoms with van der Waals surface area (Å²) in [5.74, 6) is -1.51. The molecular weight excluding hydrogens is 367 g/mol. The summed E-state index contributed by atoms with van der Waals surface area (Å²) in [6.07, 6.45) is 0.464. The Hall–Kier alpha value is -2.02. The number of carbonyl (C=O) groups excluding carboxylic acids is 1. The van der Waals surface area contributed by atoms with E-state index >= 15 is 0 Å². The Kier molecular flexibility index (Phi) is 4.22. The first-order valence-corrected chi connectivity index (χ1v) is 8.89. The van der Waals surface area contributed by atoms with E-state index in [-0.39, 0.29) is 6.04 Å². The zero-order chi connectivity index (χ0) is 18.6. The number of anilines is 1. The number of benzene rings is 1. The van der Waals surface area contributed by atoms with Gasteiger partial charge in [-0.05, 0) is 49.3 Å². The van der Waals surface area contributed by atoms with Gasteiger partial charge in [-0.15, -0.1) is 0 Å². The number of amides is 1. The van der Waals surface area contributed by atoms with Crippen molar-refractivity contribution in [1.82, 2.24) is 9.78 Å². The molecule has 4 rings (SSSR count). The summed E-state index contributed by atoms with van der Waals surface area (Å²) in [5, 5.41) is 3.94. The van der Waals surface area contributed by atoms with E-state index in [4.69, 9.17) is 11.6 Å². The lowest BCUT2D eigenvalue weighted by Gasteiger charge is -2.25. The average Bonchev–Trinajstić information content (AvgIpc) is 3.48. The molecule has 2 fully saturated rings. The van der Waals surface area contributed by atoms with E-state index in [0.717, 1.165) is 31.2 Å². The Morgan fingerprint density at radius 1 is 1.31 bits per heavy atom. The second-order valence-electron chi connectivity index (χ2n) is 6.86. The molecule has 2 saturated carbocycles. The van der Waals surface area contributed by atoms with Gasteiger partial charge in [-0.25, -0.2) is 13.5 Å². The lowest BCUT2D eigenvalue weighted by Crippen LogP contribution is -2.35. The highest BCUT2D eigenvalue weighted by Crippen LogP contribution is 2.47. The maximum atomic E-state index is 14.4. The van der Waals surface area contributed by atoms with Crippen LogP contribution < -0.4 is 4.90 Å². The molecule has 2 aliphatic carbocycles. The minimum absolute atomic E-state index is 0.136. The van der Waals surface area contributed by atoms with E-state index in [9.17, 15) is 18.0 Å². The minimum atomic E-state index is -3.03. The Morgan fingerprint density at radius 2 is 2.00 bits per heavy atom.